The molecule has 0 unspecified atom stereocenters. The second-order valence-electron chi connectivity index (χ2n) is 5.30. The molecule has 0 aliphatic heterocycles. The van der Waals surface area contributed by atoms with E-state index in [9.17, 15) is 4.79 Å². The van der Waals surface area contributed by atoms with Crippen LogP contribution in [-0.4, -0.2) is 10.8 Å². The molecular weight excluding hydrogens is 282 g/mol. The SMILES string of the molecule is CC(=O)C[C@H](c1ccc(Cl)cc1)c1c[nH]c2ccccc12. The monoisotopic (exact) mass is 297 g/mol. The highest BCUT2D eigenvalue weighted by Crippen LogP contribution is 2.33. The van der Waals surface area contributed by atoms with Gasteiger partial charge in [0.15, 0.2) is 0 Å². The van der Waals surface area contributed by atoms with Crippen molar-refractivity contribution in [3.8, 4) is 0 Å². The first kappa shape index (κ1) is 13.9. The van der Waals surface area contributed by atoms with E-state index < -0.39 is 0 Å². The van der Waals surface area contributed by atoms with Crippen molar-refractivity contribution in [2.75, 3.05) is 0 Å². The molecule has 0 spiro atoms. The molecule has 0 bridgehead atoms. The van der Waals surface area contributed by atoms with E-state index in [1.165, 1.54) is 5.39 Å². The largest absolute Gasteiger partial charge is 0.361 e. The summed E-state index contributed by atoms with van der Waals surface area (Å²) in [5.74, 6) is 0.233. The van der Waals surface area contributed by atoms with Gasteiger partial charge in [-0.3, -0.25) is 4.79 Å². The van der Waals surface area contributed by atoms with Crippen LogP contribution in [0.4, 0.5) is 0 Å². The van der Waals surface area contributed by atoms with Crippen LogP contribution in [0, 0.1) is 0 Å². The number of carbonyl (C=O) groups excluding carboxylic acids is 1. The number of halogens is 1. The van der Waals surface area contributed by atoms with Crippen LogP contribution in [0.25, 0.3) is 10.9 Å². The minimum Gasteiger partial charge on any atom is -0.361 e. The molecule has 3 rings (SSSR count). The lowest BCUT2D eigenvalue weighted by Crippen LogP contribution is -2.05. The smallest absolute Gasteiger partial charge is 0.130 e. The molecule has 0 amide bonds. The van der Waals surface area contributed by atoms with Gasteiger partial charge in [0.05, 0.1) is 0 Å². The Morgan fingerprint density at radius 2 is 1.86 bits per heavy atom. The van der Waals surface area contributed by atoms with Crippen LogP contribution in [-0.2, 0) is 4.79 Å². The molecule has 1 aromatic heterocycles. The first-order valence-electron chi connectivity index (χ1n) is 6.96. The van der Waals surface area contributed by atoms with Gasteiger partial charge in [-0.25, -0.2) is 0 Å². The lowest BCUT2D eigenvalue weighted by molar-refractivity contribution is -0.117. The molecular formula is C18H16ClNO. The molecule has 2 nitrogen and oxygen atoms in total. The van der Waals surface area contributed by atoms with Gasteiger partial charge in [0, 0.05) is 34.5 Å². The molecule has 0 aliphatic rings. The summed E-state index contributed by atoms with van der Waals surface area (Å²) in [4.78, 5) is 15.0. The molecule has 0 saturated heterocycles. The fraction of sp³-hybridized carbons (Fsp3) is 0.167. The van der Waals surface area contributed by atoms with Gasteiger partial charge in [-0.05, 0) is 36.2 Å². The lowest BCUT2D eigenvalue weighted by atomic mass is 9.87. The van der Waals surface area contributed by atoms with Crippen molar-refractivity contribution in [2.24, 2.45) is 0 Å². The molecule has 1 heterocycles. The number of rotatable bonds is 4. The third-order valence-corrected chi connectivity index (χ3v) is 4.01. The highest BCUT2D eigenvalue weighted by atomic mass is 35.5. The minimum atomic E-state index is 0.0518. The van der Waals surface area contributed by atoms with E-state index in [2.05, 4.69) is 11.1 Å². The van der Waals surface area contributed by atoms with E-state index in [1.54, 1.807) is 6.92 Å². The van der Waals surface area contributed by atoms with Gasteiger partial charge in [-0.2, -0.15) is 0 Å². The topological polar surface area (TPSA) is 32.9 Å². The summed E-state index contributed by atoms with van der Waals surface area (Å²) in [6, 6.07) is 15.9. The molecule has 2 aromatic carbocycles. The van der Waals surface area contributed by atoms with Gasteiger partial charge in [-0.15, -0.1) is 0 Å². The summed E-state index contributed by atoms with van der Waals surface area (Å²) in [6.45, 7) is 1.64. The molecule has 1 atom stereocenters. The van der Waals surface area contributed by atoms with Crippen molar-refractivity contribution in [1.82, 2.24) is 4.98 Å². The zero-order chi connectivity index (χ0) is 14.8. The van der Waals surface area contributed by atoms with Crippen LogP contribution in [0.3, 0.4) is 0 Å². The number of H-pyrrole nitrogens is 1. The van der Waals surface area contributed by atoms with Crippen molar-refractivity contribution in [2.45, 2.75) is 19.3 Å². The third kappa shape index (κ3) is 2.86. The standard InChI is InChI=1S/C18H16ClNO/c1-12(21)10-16(13-6-8-14(19)9-7-13)17-11-20-18-5-3-2-4-15(17)18/h2-9,11,16,20H,10H2,1H3/t16-/m1/s1. The van der Waals surface area contributed by atoms with Gasteiger partial charge in [-0.1, -0.05) is 41.9 Å². The van der Waals surface area contributed by atoms with Crippen molar-refractivity contribution in [1.29, 1.82) is 0 Å². The number of Topliss-reactive ketones (excluding diaryl/α,β-unsaturated/α-hetero) is 1. The van der Waals surface area contributed by atoms with Crippen molar-refractivity contribution < 1.29 is 4.79 Å². The normalized spacial score (nSPS) is 12.5. The van der Waals surface area contributed by atoms with Crippen LogP contribution in [0.15, 0.2) is 54.7 Å². The third-order valence-electron chi connectivity index (χ3n) is 3.76. The first-order valence-corrected chi connectivity index (χ1v) is 7.34. The molecule has 21 heavy (non-hydrogen) atoms. The van der Waals surface area contributed by atoms with Crippen LogP contribution in [0.1, 0.15) is 30.4 Å². The number of hydrogen-bond donors (Lipinski definition) is 1. The zero-order valence-electron chi connectivity index (χ0n) is 11.8. The summed E-state index contributed by atoms with van der Waals surface area (Å²) < 4.78 is 0. The van der Waals surface area contributed by atoms with Crippen LogP contribution >= 0.6 is 11.6 Å². The number of benzene rings is 2. The summed E-state index contributed by atoms with van der Waals surface area (Å²) in [5, 5.41) is 1.87. The molecule has 0 saturated carbocycles. The van der Waals surface area contributed by atoms with Gasteiger partial charge in [0.2, 0.25) is 0 Å². The highest BCUT2D eigenvalue weighted by Gasteiger charge is 2.19. The van der Waals surface area contributed by atoms with Crippen molar-refractivity contribution >= 4 is 28.3 Å². The predicted octanol–water partition coefficient (Wildman–Crippen LogP) is 4.93. The number of para-hydroxylation sites is 1. The van der Waals surface area contributed by atoms with Gasteiger partial charge < -0.3 is 4.98 Å². The van der Waals surface area contributed by atoms with E-state index in [-0.39, 0.29) is 11.7 Å². The Morgan fingerprint density at radius 1 is 1.14 bits per heavy atom. The number of nitrogens with one attached hydrogen (secondary N) is 1. The molecule has 0 radical (unpaired) electrons. The fourth-order valence-electron chi connectivity index (χ4n) is 2.77. The first-order chi connectivity index (χ1) is 10.1. The Bertz CT molecular complexity index is 773. The van der Waals surface area contributed by atoms with Crippen LogP contribution in [0.5, 0.6) is 0 Å². The Hall–Kier alpha value is -2.06. The number of aromatic amines is 1. The maximum atomic E-state index is 11.7. The van der Waals surface area contributed by atoms with E-state index >= 15 is 0 Å². The zero-order valence-corrected chi connectivity index (χ0v) is 12.5. The Kier molecular flexibility index (Phi) is 3.80. The van der Waals surface area contributed by atoms with Gasteiger partial charge >= 0.3 is 0 Å². The van der Waals surface area contributed by atoms with E-state index in [4.69, 9.17) is 11.6 Å². The summed E-state index contributed by atoms with van der Waals surface area (Å²) in [6.07, 6.45) is 2.50. The second kappa shape index (κ2) is 5.74. The van der Waals surface area contributed by atoms with Gasteiger partial charge in [0.1, 0.15) is 5.78 Å². The Morgan fingerprint density at radius 3 is 2.57 bits per heavy atom. The average molecular weight is 298 g/mol. The Balaban J connectivity index is 2.11. The molecule has 0 aliphatic carbocycles. The van der Waals surface area contributed by atoms with Crippen molar-refractivity contribution in [3.63, 3.8) is 0 Å². The number of ketones is 1. The number of carbonyl (C=O) groups is 1. The van der Waals surface area contributed by atoms with Crippen LogP contribution < -0.4 is 0 Å². The highest BCUT2D eigenvalue weighted by molar-refractivity contribution is 6.30. The van der Waals surface area contributed by atoms with Crippen LogP contribution in [0.2, 0.25) is 5.02 Å². The maximum absolute atomic E-state index is 11.7. The Labute approximate surface area is 128 Å². The second-order valence-corrected chi connectivity index (χ2v) is 5.74. The maximum Gasteiger partial charge on any atom is 0.130 e. The molecule has 1 N–H and O–H groups in total. The minimum absolute atomic E-state index is 0.0518. The van der Waals surface area contributed by atoms with E-state index in [1.807, 2.05) is 48.7 Å². The van der Waals surface area contributed by atoms with Crippen molar-refractivity contribution in [3.05, 3.63) is 70.9 Å². The molecule has 0 fully saturated rings. The average Bonchev–Trinajstić information content (AvgIpc) is 2.89. The molecule has 3 heteroatoms. The van der Waals surface area contributed by atoms with E-state index in [0.29, 0.717) is 11.4 Å². The van der Waals surface area contributed by atoms with Gasteiger partial charge in [0.25, 0.3) is 0 Å². The molecule has 3 aromatic rings. The number of fused-ring (bicyclic) bond motifs is 1. The predicted molar refractivity (Wildman–Crippen MR) is 86.9 cm³/mol. The summed E-state index contributed by atoms with van der Waals surface area (Å²) in [5.41, 5.74) is 3.36. The summed E-state index contributed by atoms with van der Waals surface area (Å²) in [7, 11) is 0. The van der Waals surface area contributed by atoms with E-state index in [0.717, 1.165) is 16.6 Å². The number of aromatic nitrogens is 1. The fourth-order valence-corrected chi connectivity index (χ4v) is 2.90. The number of hydrogen-bond acceptors (Lipinski definition) is 1. The quantitative estimate of drug-likeness (QED) is 0.727. The lowest BCUT2D eigenvalue weighted by Gasteiger charge is -2.16. The summed E-state index contributed by atoms with van der Waals surface area (Å²) >= 11 is 5.97. The molecule has 106 valence electrons.